The molecule has 1 aliphatic heterocycles. The molecule has 0 amide bonds. The van der Waals surface area contributed by atoms with E-state index in [1.165, 1.54) is 89.0 Å². The maximum absolute atomic E-state index is 6.73. The van der Waals surface area contributed by atoms with Gasteiger partial charge in [-0.2, -0.15) is 0 Å². The van der Waals surface area contributed by atoms with Gasteiger partial charge in [0, 0.05) is 11.1 Å². The summed E-state index contributed by atoms with van der Waals surface area (Å²) in [4.78, 5) is 0. The van der Waals surface area contributed by atoms with E-state index in [1.54, 1.807) is 0 Å². The van der Waals surface area contributed by atoms with E-state index in [0.717, 1.165) is 22.6 Å². The monoisotopic (exact) mass is 788 g/mol. The van der Waals surface area contributed by atoms with Gasteiger partial charge in [-0.15, -0.1) is 0 Å². The third-order valence-electron chi connectivity index (χ3n) is 12.9. The minimum absolute atomic E-state index is 0.504. The molecular formula is C61H40O. The predicted molar refractivity (Wildman–Crippen MR) is 256 cm³/mol. The summed E-state index contributed by atoms with van der Waals surface area (Å²) in [6.45, 7) is 0. The normalized spacial score (nSPS) is 12.8. The van der Waals surface area contributed by atoms with Crippen molar-refractivity contribution < 1.29 is 4.74 Å². The molecule has 1 nitrogen and oxygen atoms in total. The van der Waals surface area contributed by atoms with Crippen LogP contribution in [-0.4, -0.2) is 0 Å². The standard InChI is InChI=1S/C61H40O/c1-3-15-41(16-4-1)43-29-31-44(32-30-43)51-37-50(42-17-5-2-6-18-42)38-52(39-51)48-22-14-20-46(36-48)45-19-13-21-47(35-45)49-33-34-60-58(40-49)61(57-27-11-12-28-59(57)62-60)55-25-9-7-23-53(55)54-24-8-10-26-56(54)61/h1-40H. The van der Waals surface area contributed by atoms with Gasteiger partial charge in [0.1, 0.15) is 11.5 Å². The largest absolute Gasteiger partial charge is 0.457 e. The van der Waals surface area contributed by atoms with Crippen molar-refractivity contribution in [1.29, 1.82) is 0 Å². The van der Waals surface area contributed by atoms with Crippen LogP contribution >= 0.6 is 0 Å². The quantitative estimate of drug-likeness (QED) is 0.163. The molecule has 0 bridgehead atoms. The van der Waals surface area contributed by atoms with Crippen LogP contribution in [0.4, 0.5) is 0 Å². The van der Waals surface area contributed by atoms with Crippen LogP contribution in [0, 0.1) is 0 Å². The van der Waals surface area contributed by atoms with Gasteiger partial charge in [0.25, 0.3) is 0 Å². The van der Waals surface area contributed by atoms with Crippen LogP contribution in [0.3, 0.4) is 0 Å². The second-order valence-electron chi connectivity index (χ2n) is 16.4. The molecule has 1 spiro atoms. The minimum atomic E-state index is -0.504. The fourth-order valence-corrected chi connectivity index (χ4v) is 10.0. The molecule has 62 heavy (non-hydrogen) atoms. The van der Waals surface area contributed by atoms with Crippen LogP contribution in [0.1, 0.15) is 22.3 Å². The van der Waals surface area contributed by atoms with Crippen molar-refractivity contribution in [3.63, 3.8) is 0 Å². The van der Waals surface area contributed by atoms with Crippen LogP contribution in [0.5, 0.6) is 11.5 Å². The minimum Gasteiger partial charge on any atom is -0.457 e. The molecule has 290 valence electrons. The van der Waals surface area contributed by atoms with Crippen molar-refractivity contribution >= 4 is 0 Å². The zero-order valence-electron chi connectivity index (χ0n) is 34.0. The predicted octanol–water partition coefficient (Wildman–Crippen LogP) is 16.2. The molecule has 0 saturated carbocycles. The SMILES string of the molecule is c1ccc(-c2ccc(-c3cc(-c4ccccc4)cc(-c4cccc(-c5cccc(-c6ccc7c(c6)C6(c8ccccc8O7)c7ccccc7-c7ccccc76)c5)c4)c3)cc2)cc1. The average Bonchev–Trinajstić information content (AvgIpc) is 3.65. The third kappa shape index (κ3) is 5.85. The van der Waals surface area contributed by atoms with Crippen molar-refractivity contribution in [1.82, 2.24) is 0 Å². The summed E-state index contributed by atoms with van der Waals surface area (Å²) >= 11 is 0. The summed E-state index contributed by atoms with van der Waals surface area (Å²) in [5.74, 6) is 1.80. The van der Waals surface area contributed by atoms with Crippen molar-refractivity contribution in [2.75, 3.05) is 0 Å². The first-order valence-corrected chi connectivity index (χ1v) is 21.4. The van der Waals surface area contributed by atoms with Gasteiger partial charge in [-0.05, 0) is 138 Å². The molecule has 0 unspecified atom stereocenters. The molecule has 1 heterocycles. The number of hydrogen-bond donors (Lipinski definition) is 0. The van der Waals surface area contributed by atoms with Gasteiger partial charge in [-0.25, -0.2) is 0 Å². The fourth-order valence-electron chi connectivity index (χ4n) is 10.0. The number of ether oxygens (including phenoxy) is 1. The Balaban J connectivity index is 0.943. The molecule has 12 rings (SSSR count). The summed E-state index contributed by atoms with van der Waals surface area (Å²) < 4.78 is 6.73. The number of para-hydroxylation sites is 1. The van der Waals surface area contributed by atoms with Crippen LogP contribution in [0.2, 0.25) is 0 Å². The number of benzene rings is 10. The topological polar surface area (TPSA) is 9.23 Å². The zero-order valence-corrected chi connectivity index (χ0v) is 34.0. The highest BCUT2D eigenvalue weighted by Gasteiger charge is 2.51. The lowest BCUT2D eigenvalue weighted by Gasteiger charge is -2.39. The van der Waals surface area contributed by atoms with E-state index in [0.29, 0.717) is 0 Å². The van der Waals surface area contributed by atoms with E-state index in [2.05, 4.69) is 243 Å². The van der Waals surface area contributed by atoms with Crippen LogP contribution in [0.25, 0.3) is 77.9 Å². The first-order valence-electron chi connectivity index (χ1n) is 21.4. The molecule has 0 atom stereocenters. The molecule has 1 aliphatic carbocycles. The van der Waals surface area contributed by atoms with E-state index < -0.39 is 5.41 Å². The summed E-state index contributed by atoms with van der Waals surface area (Å²) in [5, 5.41) is 0. The number of fused-ring (bicyclic) bond motifs is 9. The van der Waals surface area contributed by atoms with E-state index in [4.69, 9.17) is 4.74 Å². The Bertz CT molecular complexity index is 3260. The molecule has 0 fully saturated rings. The van der Waals surface area contributed by atoms with Gasteiger partial charge >= 0.3 is 0 Å². The highest BCUT2D eigenvalue weighted by atomic mass is 16.5. The molecule has 10 aromatic rings. The highest BCUT2D eigenvalue weighted by Crippen LogP contribution is 2.62. The first kappa shape index (κ1) is 35.9. The Kier molecular flexibility index (Phi) is 8.47. The zero-order chi connectivity index (χ0) is 41.0. The van der Waals surface area contributed by atoms with Crippen molar-refractivity contribution in [2.45, 2.75) is 5.41 Å². The Morgan fingerprint density at radius 3 is 1.11 bits per heavy atom. The van der Waals surface area contributed by atoms with Gasteiger partial charge in [0.15, 0.2) is 0 Å². The molecule has 10 aromatic carbocycles. The Hall–Kier alpha value is -8.00. The van der Waals surface area contributed by atoms with Crippen molar-refractivity contribution in [2.24, 2.45) is 0 Å². The Morgan fingerprint density at radius 2 is 0.548 bits per heavy atom. The number of hydrogen-bond acceptors (Lipinski definition) is 1. The molecular weight excluding hydrogens is 749 g/mol. The van der Waals surface area contributed by atoms with Crippen molar-refractivity contribution in [3.8, 4) is 89.4 Å². The lowest BCUT2D eigenvalue weighted by molar-refractivity contribution is 0.436. The second kappa shape index (κ2) is 14.6. The molecule has 2 aliphatic rings. The van der Waals surface area contributed by atoms with Gasteiger partial charge in [0.2, 0.25) is 0 Å². The van der Waals surface area contributed by atoms with E-state index in [1.807, 2.05) is 0 Å². The Labute approximate surface area is 362 Å². The van der Waals surface area contributed by atoms with Crippen LogP contribution < -0.4 is 4.74 Å². The summed E-state index contributed by atoms with van der Waals surface area (Å²) in [6.07, 6.45) is 0. The maximum atomic E-state index is 6.73. The lowest BCUT2D eigenvalue weighted by atomic mass is 9.66. The lowest BCUT2D eigenvalue weighted by Crippen LogP contribution is -2.32. The smallest absolute Gasteiger partial charge is 0.132 e. The van der Waals surface area contributed by atoms with E-state index in [9.17, 15) is 0 Å². The average molecular weight is 789 g/mol. The van der Waals surface area contributed by atoms with Gasteiger partial charge < -0.3 is 4.74 Å². The van der Waals surface area contributed by atoms with Crippen molar-refractivity contribution in [3.05, 3.63) is 265 Å². The fraction of sp³-hybridized carbons (Fsp3) is 0.0164. The van der Waals surface area contributed by atoms with Crippen LogP contribution in [0.15, 0.2) is 243 Å². The molecule has 1 heteroatoms. The van der Waals surface area contributed by atoms with E-state index >= 15 is 0 Å². The van der Waals surface area contributed by atoms with Gasteiger partial charge in [-0.1, -0.05) is 194 Å². The highest BCUT2D eigenvalue weighted by molar-refractivity contribution is 5.90. The molecule has 0 aromatic heterocycles. The first-order chi connectivity index (χ1) is 30.7. The van der Waals surface area contributed by atoms with Gasteiger partial charge in [-0.3, -0.25) is 0 Å². The maximum Gasteiger partial charge on any atom is 0.132 e. The summed E-state index contributed by atoms with van der Waals surface area (Å²) in [6, 6.07) is 88.3. The van der Waals surface area contributed by atoms with E-state index in [-0.39, 0.29) is 0 Å². The Morgan fingerprint density at radius 1 is 0.210 bits per heavy atom. The molecule has 0 N–H and O–H groups in total. The second-order valence-corrected chi connectivity index (χ2v) is 16.4. The summed E-state index contributed by atoms with van der Waals surface area (Å²) in [7, 11) is 0. The van der Waals surface area contributed by atoms with Gasteiger partial charge in [0.05, 0.1) is 5.41 Å². The molecule has 0 saturated heterocycles. The summed E-state index contributed by atoms with van der Waals surface area (Å²) in [5.41, 5.74) is 21.2. The third-order valence-corrected chi connectivity index (χ3v) is 12.9. The van der Waals surface area contributed by atoms with Crippen LogP contribution in [-0.2, 0) is 5.41 Å². The number of rotatable bonds is 6. The molecule has 0 radical (unpaired) electrons.